The van der Waals surface area contributed by atoms with E-state index in [1.807, 2.05) is 24.8 Å². The van der Waals surface area contributed by atoms with Gasteiger partial charge in [0.15, 0.2) is 0 Å². The summed E-state index contributed by atoms with van der Waals surface area (Å²) in [5.74, 6) is 0.886. The van der Waals surface area contributed by atoms with Crippen molar-refractivity contribution in [1.29, 1.82) is 0 Å². The normalized spacial score (nSPS) is 23.1. The van der Waals surface area contributed by atoms with E-state index in [-0.39, 0.29) is 5.92 Å². The number of benzene rings is 1. The fourth-order valence-corrected chi connectivity index (χ4v) is 2.90. The average molecular weight is 260 g/mol. The first-order chi connectivity index (χ1) is 9.26. The SMILES string of the molecule is CCN(CC)C(=O)[C@H]1CNC[C@@H](c2ccccc2)C1. The molecule has 1 aliphatic heterocycles. The molecule has 2 rings (SSSR count). The molecule has 3 heteroatoms. The summed E-state index contributed by atoms with van der Waals surface area (Å²) in [6.07, 6.45) is 0.965. The first-order valence-corrected chi connectivity index (χ1v) is 7.30. The molecule has 1 heterocycles. The van der Waals surface area contributed by atoms with Gasteiger partial charge in [0.05, 0.1) is 5.92 Å². The van der Waals surface area contributed by atoms with Gasteiger partial charge in [-0.2, -0.15) is 0 Å². The Hall–Kier alpha value is -1.35. The summed E-state index contributed by atoms with van der Waals surface area (Å²) in [7, 11) is 0. The summed E-state index contributed by atoms with van der Waals surface area (Å²) >= 11 is 0. The molecule has 0 bridgehead atoms. The highest BCUT2D eigenvalue weighted by Gasteiger charge is 2.29. The third-order valence-electron chi connectivity index (χ3n) is 4.05. The molecular weight excluding hydrogens is 236 g/mol. The first-order valence-electron chi connectivity index (χ1n) is 7.30. The lowest BCUT2D eigenvalue weighted by molar-refractivity contribution is -0.135. The van der Waals surface area contributed by atoms with Gasteiger partial charge < -0.3 is 10.2 Å². The highest BCUT2D eigenvalue weighted by molar-refractivity contribution is 5.79. The third-order valence-corrected chi connectivity index (χ3v) is 4.05. The van der Waals surface area contributed by atoms with Gasteiger partial charge >= 0.3 is 0 Å². The smallest absolute Gasteiger partial charge is 0.226 e. The van der Waals surface area contributed by atoms with Crippen molar-refractivity contribution in [1.82, 2.24) is 10.2 Å². The van der Waals surface area contributed by atoms with E-state index in [0.717, 1.165) is 32.6 Å². The van der Waals surface area contributed by atoms with Crippen molar-refractivity contribution in [2.24, 2.45) is 5.92 Å². The van der Waals surface area contributed by atoms with Crippen LogP contribution in [0.25, 0.3) is 0 Å². The first kappa shape index (κ1) is 14.1. The van der Waals surface area contributed by atoms with Crippen LogP contribution in [0.4, 0.5) is 0 Å². The van der Waals surface area contributed by atoms with Gasteiger partial charge in [-0.1, -0.05) is 30.3 Å². The van der Waals surface area contributed by atoms with E-state index in [9.17, 15) is 4.79 Å². The Bertz CT molecular complexity index is 400. The number of nitrogens with one attached hydrogen (secondary N) is 1. The molecule has 1 aromatic carbocycles. The minimum atomic E-state index is 0.124. The maximum Gasteiger partial charge on any atom is 0.226 e. The van der Waals surface area contributed by atoms with Gasteiger partial charge in [-0.3, -0.25) is 4.79 Å². The lowest BCUT2D eigenvalue weighted by Gasteiger charge is -2.32. The third kappa shape index (κ3) is 3.35. The summed E-state index contributed by atoms with van der Waals surface area (Å²) in [6.45, 7) is 7.51. The van der Waals surface area contributed by atoms with E-state index in [1.54, 1.807) is 0 Å². The Kier molecular flexibility index (Phi) is 4.97. The zero-order valence-electron chi connectivity index (χ0n) is 11.9. The molecule has 0 aromatic heterocycles. The van der Waals surface area contributed by atoms with E-state index in [1.165, 1.54) is 5.56 Å². The Morgan fingerprint density at radius 2 is 1.89 bits per heavy atom. The summed E-state index contributed by atoms with van der Waals surface area (Å²) in [5, 5.41) is 3.42. The highest BCUT2D eigenvalue weighted by Crippen LogP contribution is 2.27. The van der Waals surface area contributed by atoms with Crippen molar-refractivity contribution in [3.05, 3.63) is 35.9 Å². The summed E-state index contributed by atoms with van der Waals surface area (Å²) < 4.78 is 0. The Morgan fingerprint density at radius 3 is 2.53 bits per heavy atom. The predicted octanol–water partition coefficient (Wildman–Crippen LogP) is 2.25. The molecule has 104 valence electrons. The van der Waals surface area contributed by atoms with Crippen LogP contribution in [0.1, 0.15) is 31.7 Å². The molecule has 19 heavy (non-hydrogen) atoms. The fraction of sp³-hybridized carbons (Fsp3) is 0.562. The van der Waals surface area contributed by atoms with Gasteiger partial charge in [0.25, 0.3) is 0 Å². The van der Waals surface area contributed by atoms with E-state index in [0.29, 0.717) is 11.8 Å². The number of nitrogens with zero attached hydrogens (tertiary/aromatic N) is 1. The Labute approximate surface area is 116 Å². The number of carbonyl (C=O) groups excluding carboxylic acids is 1. The molecular formula is C16H24N2O. The molecule has 0 spiro atoms. The zero-order chi connectivity index (χ0) is 13.7. The van der Waals surface area contributed by atoms with Gasteiger partial charge in [0.2, 0.25) is 5.91 Å². The summed E-state index contributed by atoms with van der Waals surface area (Å²) in [5.41, 5.74) is 1.34. The molecule has 1 fully saturated rings. The molecule has 2 atom stereocenters. The van der Waals surface area contributed by atoms with Gasteiger partial charge in [-0.25, -0.2) is 0 Å². The number of piperidine rings is 1. The highest BCUT2D eigenvalue weighted by atomic mass is 16.2. The van der Waals surface area contributed by atoms with Crippen molar-refractivity contribution >= 4 is 5.91 Å². The number of hydrogen-bond acceptors (Lipinski definition) is 2. The van der Waals surface area contributed by atoms with Crippen LogP contribution in [0.15, 0.2) is 30.3 Å². The standard InChI is InChI=1S/C16H24N2O/c1-3-18(4-2)16(19)15-10-14(11-17-12-15)13-8-6-5-7-9-13/h5-9,14-15,17H,3-4,10-12H2,1-2H3/t14-,15+/m0/s1. The van der Waals surface area contributed by atoms with Crippen LogP contribution in [0, 0.1) is 5.92 Å². The Morgan fingerprint density at radius 1 is 1.21 bits per heavy atom. The van der Waals surface area contributed by atoms with E-state index in [4.69, 9.17) is 0 Å². The zero-order valence-corrected chi connectivity index (χ0v) is 11.9. The van der Waals surface area contributed by atoms with E-state index < -0.39 is 0 Å². The second kappa shape index (κ2) is 6.71. The van der Waals surface area contributed by atoms with Crippen LogP contribution in [0.3, 0.4) is 0 Å². The molecule has 1 saturated heterocycles. The molecule has 1 N–H and O–H groups in total. The van der Waals surface area contributed by atoms with Crippen molar-refractivity contribution in [2.45, 2.75) is 26.2 Å². The van der Waals surface area contributed by atoms with Gasteiger partial charge in [-0.05, 0) is 31.7 Å². The summed E-state index contributed by atoms with van der Waals surface area (Å²) in [6, 6.07) is 10.5. The Balaban J connectivity index is 2.03. The minimum Gasteiger partial charge on any atom is -0.343 e. The maximum atomic E-state index is 12.4. The van der Waals surface area contributed by atoms with Crippen molar-refractivity contribution in [3.63, 3.8) is 0 Å². The quantitative estimate of drug-likeness (QED) is 0.900. The average Bonchev–Trinajstić information content (AvgIpc) is 2.49. The van der Waals surface area contributed by atoms with Crippen LogP contribution >= 0.6 is 0 Å². The number of rotatable bonds is 4. The molecule has 3 nitrogen and oxygen atoms in total. The largest absolute Gasteiger partial charge is 0.343 e. The van der Waals surface area contributed by atoms with Crippen molar-refractivity contribution in [3.8, 4) is 0 Å². The summed E-state index contributed by atoms with van der Waals surface area (Å²) in [4.78, 5) is 14.4. The number of carbonyl (C=O) groups is 1. The molecule has 1 aromatic rings. The predicted molar refractivity (Wildman–Crippen MR) is 78.1 cm³/mol. The molecule has 1 amide bonds. The molecule has 0 saturated carbocycles. The number of amides is 1. The molecule has 0 aliphatic carbocycles. The van der Waals surface area contributed by atoms with Crippen molar-refractivity contribution < 1.29 is 4.79 Å². The maximum absolute atomic E-state index is 12.4. The number of hydrogen-bond donors (Lipinski definition) is 1. The molecule has 0 unspecified atom stereocenters. The van der Waals surface area contributed by atoms with Crippen LogP contribution in [0.5, 0.6) is 0 Å². The van der Waals surface area contributed by atoms with Gasteiger partial charge in [-0.15, -0.1) is 0 Å². The second-order valence-electron chi connectivity index (χ2n) is 5.21. The van der Waals surface area contributed by atoms with Crippen LogP contribution in [0.2, 0.25) is 0 Å². The fourth-order valence-electron chi connectivity index (χ4n) is 2.90. The van der Waals surface area contributed by atoms with E-state index >= 15 is 0 Å². The van der Waals surface area contributed by atoms with Crippen LogP contribution < -0.4 is 5.32 Å². The van der Waals surface area contributed by atoms with Gasteiger partial charge in [0, 0.05) is 26.2 Å². The van der Waals surface area contributed by atoms with Crippen LogP contribution in [-0.2, 0) is 4.79 Å². The second-order valence-corrected chi connectivity index (χ2v) is 5.21. The van der Waals surface area contributed by atoms with Gasteiger partial charge in [0.1, 0.15) is 0 Å². The minimum absolute atomic E-state index is 0.124. The molecule has 1 aliphatic rings. The topological polar surface area (TPSA) is 32.3 Å². The monoisotopic (exact) mass is 260 g/mol. The lowest BCUT2D eigenvalue weighted by atomic mass is 9.85. The lowest BCUT2D eigenvalue weighted by Crippen LogP contribution is -2.45. The van der Waals surface area contributed by atoms with Crippen molar-refractivity contribution in [2.75, 3.05) is 26.2 Å². The van der Waals surface area contributed by atoms with E-state index in [2.05, 4.69) is 29.6 Å². The molecule has 0 radical (unpaired) electrons. The van der Waals surface area contributed by atoms with Crippen LogP contribution in [-0.4, -0.2) is 37.0 Å².